The largest absolute Gasteiger partial charge is 0.302 e. The van der Waals surface area contributed by atoms with Crippen LogP contribution in [0.25, 0.3) is 0 Å². The van der Waals surface area contributed by atoms with Gasteiger partial charge in [0.05, 0.1) is 6.04 Å². The van der Waals surface area contributed by atoms with Gasteiger partial charge in [0, 0.05) is 21.5 Å². The second kappa shape index (κ2) is 6.86. The van der Waals surface area contributed by atoms with Gasteiger partial charge in [0.2, 0.25) is 0 Å². The highest BCUT2D eigenvalue weighted by atomic mass is 33.1. The van der Waals surface area contributed by atoms with Crippen LogP contribution in [0.15, 0.2) is 0 Å². The zero-order valence-electron chi connectivity index (χ0n) is 14.0. The van der Waals surface area contributed by atoms with Crippen LogP contribution >= 0.6 is 21.6 Å². The first kappa shape index (κ1) is 19.3. The predicted octanol–water partition coefficient (Wildman–Crippen LogP) is 4.54. The highest BCUT2D eigenvalue weighted by molar-refractivity contribution is 8.77. The van der Waals surface area contributed by atoms with E-state index in [2.05, 4.69) is 46.9 Å². The molecule has 114 valence electrons. The molecule has 0 aromatic carbocycles. The van der Waals surface area contributed by atoms with Crippen molar-refractivity contribution in [2.24, 2.45) is 5.41 Å². The fourth-order valence-corrected chi connectivity index (χ4v) is 3.97. The molecule has 1 unspecified atom stereocenters. The molecule has 19 heavy (non-hydrogen) atoms. The van der Waals surface area contributed by atoms with Crippen LogP contribution in [0.2, 0.25) is 0 Å². The molecule has 1 N–H and O–H groups in total. The van der Waals surface area contributed by atoms with Gasteiger partial charge >= 0.3 is 0 Å². The lowest BCUT2D eigenvalue weighted by Crippen LogP contribution is -2.52. The predicted molar refractivity (Wildman–Crippen MR) is 90.9 cm³/mol. The second-order valence-corrected chi connectivity index (χ2v) is 11.2. The standard InChI is InChI=1S/C15H31NOS2/c1-13(2,3)12(17)11(16-14(4,5)6)10-18-19-15(7,8)9/h11,16H,10H2,1-9H3. The Morgan fingerprint density at radius 1 is 1.00 bits per heavy atom. The summed E-state index contributed by atoms with van der Waals surface area (Å²) in [6, 6.07) is -0.0835. The molecular weight excluding hydrogens is 274 g/mol. The first-order chi connectivity index (χ1) is 8.22. The lowest BCUT2D eigenvalue weighted by molar-refractivity contribution is -0.128. The zero-order valence-corrected chi connectivity index (χ0v) is 15.6. The first-order valence-electron chi connectivity index (χ1n) is 6.85. The maximum absolute atomic E-state index is 12.5. The van der Waals surface area contributed by atoms with E-state index in [9.17, 15) is 4.79 Å². The van der Waals surface area contributed by atoms with Crippen LogP contribution in [0, 0.1) is 5.41 Å². The lowest BCUT2D eigenvalue weighted by Gasteiger charge is -2.32. The van der Waals surface area contributed by atoms with E-state index < -0.39 is 0 Å². The van der Waals surface area contributed by atoms with Crippen LogP contribution in [-0.4, -0.2) is 27.9 Å². The van der Waals surface area contributed by atoms with Gasteiger partial charge < -0.3 is 5.32 Å². The molecule has 0 rings (SSSR count). The molecule has 0 aromatic rings. The Kier molecular flexibility index (Phi) is 6.98. The Labute approximate surface area is 127 Å². The first-order valence-corrected chi connectivity index (χ1v) is 9.17. The molecule has 0 saturated carbocycles. The van der Waals surface area contributed by atoms with E-state index >= 15 is 0 Å². The summed E-state index contributed by atoms with van der Waals surface area (Å²) in [4.78, 5) is 12.5. The maximum atomic E-state index is 12.5. The highest BCUT2D eigenvalue weighted by Crippen LogP contribution is 2.36. The third-order valence-corrected chi connectivity index (χ3v) is 5.56. The van der Waals surface area contributed by atoms with Crippen molar-refractivity contribution < 1.29 is 4.79 Å². The van der Waals surface area contributed by atoms with Crippen molar-refractivity contribution in [2.45, 2.75) is 78.6 Å². The van der Waals surface area contributed by atoms with Crippen LogP contribution in [0.4, 0.5) is 0 Å². The maximum Gasteiger partial charge on any atom is 0.155 e. The summed E-state index contributed by atoms with van der Waals surface area (Å²) < 4.78 is 0.224. The Hall–Kier alpha value is 0.330. The summed E-state index contributed by atoms with van der Waals surface area (Å²) in [7, 11) is 3.63. The van der Waals surface area contributed by atoms with Gasteiger partial charge in [-0.05, 0) is 20.8 Å². The van der Waals surface area contributed by atoms with Crippen molar-refractivity contribution in [3.8, 4) is 0 Å². The van der Waals surface area contributed by atoms with Gasteiger partial charge in [0.25, 0.3) is 0 Å². The molecule has 0 aliphatic carbocycles. The fourth-order valence-electron chi connectivity index (χ4n) is 1.51. The normalized spacial score (nSPS) is 15.4. The molecule has 0 aromatic heterocycles. The van der Waals surface area contributed by atoms with E-state index in [0.717, 1.165) is 5.75 Å². The molecular formula is C15H31NOS2. The number of rotatable bonds is 5. The number of hydrogen-bond acceptors (Lipinski definition) is 4. The van der Waals surface area contributed by atoms with Crippen LogP contribution in [-0.2, 0) is 4.79 Å². The fraction of sp³-hybridized carbons (Fsp3) is 0.933. The monoisotopic (exact) mass is 305 g/mol. The molecule has 0 aliphatic rings. The molecule has 0 heterocycles. The summed E-state index contributed by atoms with van der Waals surface area (Å²) in [6.45, 7) is 18.9. The van der Waals surface area contributed by atoms with Gasteiger partial charge in [-0.25, -0.2) is 0 Å². The van der Waals surface area contributed by atoms with Crippen molar-refractivity contribution >= 4 is 27.4 Å². The highest BCUT2D eigenvalue weighted by Gasteiger charge is 2.32. The van der Waals surface area contributed by atoms with Crippen molar-refractivity contribution in [1.29, 1.82) is 0 Å². The lowest BCUT2D eigenvalue weighted by atomic mass is 9.86. The summed E-state index contributed by atoms with van der Waals surface area (Å²) in [5.74, 6) is 1.11. The quantitative estimate of drug-likeness (QED) is 0.755. The Bertz CT molecular complexity index is 295. The second-order valence-electron chi connectivity index (χ2n) is 8.04. The third-order valence-electron chi connectivity index (χ3n) is 2.21. The van der Waals surface area contributed by atoms with Crippen LogP contribution in [0.3, 0.4) is 0 Å². The Morgan fingerprint density at radius 2 is 1.47 bits per heavy atom. The molecule has 0 saturated heterocycles. The molecule has 0 amide bonds. The van der Waals surface area contributed by atoms with E-state index in [4.69, 9.17) is 0 Å². The van der Waals surface area contributed by atoms with Crippen LogP contribution in [0.5, 0.6) is 0 Å². The number of ketones is 1. The van der Waals surface area contributed by atoms with Crippen molar-refractivity contribution in [2.75, 3.05) is 5.75 Å². The van der Waals surface area contributed by atoms with Gasteiger partial charge in [-0.3, -0.25) is 4.79 Å². The number of nitrogens with one attached hydrogen (secondary N) is 1. The molecule has 0 aliphatic heterocycles. The number of hydrogen-bond donors (Lipinski definition) is 1. The van der Waals surface area contributed by atoms with Crippen molar-refractivity contribution in [1.82, 2.24) is 5.32 Å². The molecule has 0 bridgehead atoms. The van der Waals surface area contributed by atoms with Crippen molar-refractivity contribution in [3.05, 3.63) is 0 Å². The van der Waals surface area contributed by atoms with E-state index in [-0.39, 0.29) is 21.7 Å². The zero-order chi connectivity index (χ0) is 15.5. The van der Waals surface area contributed by atoms with E-state index in [1.165, 1.54) is 0 Å². The molecule has 0 spiro atoms. The van der Waals surface area contributed by atoms with E-state index in [0.29, 0.717) is 5.78 Å². The van der Waals surface area contributed by atoms with Crippen LogP contribution in [0.1, 0.15) is 62.3 Å². The minimum atomic E-state index is -0.296. The van der Waals surface area contributed by atoms with E-state index in [1.807, 2.05) is 31.6 Å². The molecule has 1 atom stereocenters. The van der Waals surface area contributed by atoms with Gasteiger partial charge in [-0.1, -0.05) is 63.1 Å². The number of Topliss-reactive ketones (excluding diaryl/α,β-unsaturated/α-hetero) is 1. The smallest absolute Gasteiger partial charge is 0.155 e. The molecule has 2 nitrogen and oxygen atoms in total. The summed E-state index contributed by atoms with van der Waals surface area (Å²) in [5.41, 5.74) is -0.339. The molecule has 0 fully saturated rings. The van der Waals surface area contributed by atoms with Gasteiger partial charge in [-0.2, -0.15) is 0 Å². The SMILES string of the molecule is CC(C)(C)NC(CSSC(C)(C)C)C(=O)C(C)(C)C. The van der Waals surface area contributed by atoms with Gasteiger partial charge in [0.1, 0.15) is 0 Å². The van der Waals surface area contributed by atoms with Crippen molar-refractivity contribution in [3.63, 3.8) is 0 Å². The Morgan fingerprint density at radius 3 is 1.79 bits per heavy atom. The minimum absolute atomic E-state index is 0.0431. The number of carbonyl (C=O) groups excluding carboxylic acids is 1. The summed E-state index contributed by atoms with van der Waals surface area (Å²) >= 11 is 0. The average molecular weight is 306 g/mol. The summed E-state index contributed by atoms with van der Waals surface area (Å²) in [6.07, 6.45) is 0. The van der Waals surface area contributed by atoms with Crippen LogP contribution < -0.4 is 5.32 Å². The summed E-state index contributed by atoms with van der Waals surface area (Å²) in [5, 5.41) is 3.47. The molecule has 0 radical (unpaired) electrons. The molecule has 4 heteroatoms. The minimum Gasteiger partial charge on any atom is -0.302 e. The van der Waals surface area contributed by atoms with Gasteiger partial charge in [-0.15, -0.1) is 0 Å². The third kappa shape index (κ3) is 9.80. The number of carbonyl (C=O) groups is 1. The van der Waals surface area contributed by atoms with E-state index in [1.54, 1.807) is 10.8 Å². The average Bonchev–Trinajstić information content (AvgIpc) is 2.09. The van der Waals surface area contributed by atoms with Gasteiger partial charge in [0.15, 0.2) is 5.78 Å². The topological polar surface area (TPSA) is 29.1 Å². The Balaban J connectivity index is 4.66.